The second-order valence-electron chi connectivity index (χ2n) is 8.81. The number of carbonyl (C=O) groups excluding carboxylic acids is 1. The number of ether oxygens (including phenoxy) is 3. The molecule has 1 amide bonds. The van der Waals surface area contributed by atoms with Crippen LogP contribution in [-0.4, -0.2) is 63.3 Å². The summed E-state index contributed by atoms with van der Waals surface area (Å²) in [6.45, 7) is 4.89. The van der Waals surface area contributed by atoms with Crippen molar-refractivity contribution in [3.63, 3.8) is 0 Å². The summed E-state index contributed by atoms with van der Waals surface area (Å²) in [7, 11) is 4.98. The van der Waals surface area contributed by atoms with Gasteiger partial charge in [-0.25, -0.2) is 0 Å². The van der Waals surface area contributed by atoms with Crippen LogP contribution in [0.1, 0.15) is 35.8 Å². The summed E-state index contributed by atoms with van der Waals surface area (Å²) in [4.78, 5) is 22.5. The van der Waals surface area contributed by atoms with Gasteiger partial charge in [-0.15, -0.1) is 0 Å². The molecule has 4 rings (SSSR count). The van der Waals surface area contributed by atoms with Gasteiger partial charge in [0.2, 0.25) is 0 Å². The number of aromatic nitrogens is 1. The quantitative estimate of drug-likeness (QED) is 0.418. The average molecular weight is 490 g/mol. The monoisotopic (exact) mass is 489 g/mol. The molecule has 7 heteroatoms. The first kappa shape index (κ1) is 25.4. The Morgan fingerprint density at radius 2 is 1.53 bits per heavy atom. The zero-order valence-electron chi connectivity index (χ0n) is 21.6. The van der Waals surface area contributed by atoms with E-state index in [-0.39, 0.29) is 5.91 Å². The molecule has 1 aliphatic heterocycles. The lowest BCUT2D eigenvalue weighted by atomic mass is 9.97. The van der Waals surface area contributed by atoms with Crippen LogP contribution in [0.3, 0.4) is 0 Å². The first-order valence-corrected chi connectivity index (χ1v) is 12.5. The number of pyridine rings is 1. The Hall–Kier alpha value is -3.74. The van der Waals surface area contributed by atoms with Gasteiger partial charge >= 0.3 is 0 Å². The van der Waals surface area contributed by atoms with E-state index in [2.05, 4.69) is 17.9 Å². The SMILES string of the molecule is CCCCc1ncc(C(=O)N2CCN(c3ccccc3OC)CC2)cc1-c1c(OC)cccc1OC. The summed E-state index contributed by atoms with van der Waals surface area (Å²) in [6.07, 6.45) is 4.60. The van der Waals surface area contributed by atoms with E-state index >= 15 is 0 Å². The van der Waals surface area contributed by atoms with Crippen molar-refractivity contribution in [3.8, 4) is 28.4 Å². The number of benzene rings is 2. The fourth-order valence-corrected chi connectivity index (χ4v) is 4.71. The van der Waals surface area contributed by atoms with E-state index in [1.54, 1.807) is 27.5 Å². The molecule has 0 spiro atoms. The fraction of sp³-hybridized carbons (Fsp3) is 0.379. The standard InChI is InChI=1S/C29H35N3O4/c1-5-6-10-23-22(28-26(35-3)13-9-14-27(28)36-4)19-21(20-30-23)29(33)32-17-15-31(16-18-32)24-11-7-8-12-25(24)34-2/h7-9,11-14,19-20H,5-6,10,15-18H2,1-4H3. The summed E-state index contributed by atoms with van der Waals surface area (Å²) >= 11 is 0. The van der Waals surface area contributed by atoms with Crippen LogP contribution in [0, 0.1) is 0 Å². The van der Waals surface area contributed by atoms with Gasteiger partial charge in [-0.2, -0.15) is 0 Å². The molecule has 7 nitrogen and oxygen atoms in total. The molecule has 1 fully saturated rings. The van der Waals surface area contributed by atoms with Crippen molar-refractivity contribution in [1.29, 1.82) is 0 Å². The first-order valence-electron chi connectivity index (χ1n) is 12.5. The minimum Gasteiger partial charge on any atom is -0.496 e. The number of unbranched alkanes of at least 4 members (excludes halogenated alkanes) is 1. The number of hydrogen-bond acceptors (Lipinski definition) is 6. The lowest BCUT2D eigenvalue weighted by Crippen LogP contribution is -2.48. The van der Waals surface area contributed by atoms with Crippen LogP contribution < -0.4 is 19.1 Å². The number of carbonyl (C=O) groups is 1. The molecule has 2 aromatic carbocycles. The molecule has 0 saturated carbocycles. The molecule has 190 valence electrons. The number of nitrogens with zero attached hydrogens (tertiary/aromatic N) is 3. The number of para-hydroxylation sites is 2. The maximum Gasteiger partial charge on any atom is 0.255 e. The highest BCUT2D eigenvalue weighted by Gasteiger charge is 2.25. The summed E-state index contributed by atoms with van der Waals surface area (Å²) in [6, 6.07) is 15.7. The summed E-state index contributed by atoms with van der Waals surface area (Å²) < 4.78 is 16.9. The molecule has 0 bridgehead atoms. The molecule has 1 saturated heterocycles. The summed E-state index contributed by atoms with van der Waals surface area (Å²) in [5.41, 5.74) is 4.29. The van der Waals surface area contributed by atoms with E-state index in [9.17, 15) is 4.79 Å². The van der Waals surface area contributed by atoms with Gasteiger partial charge in [0, 0.05) is 43.6 Å². The van der Waals surface area contributed by atoms with Crippen LogP contribution >= 0.6 is 0 Å². The number of amides is 1. The van der Waals surface area contributed by atoms with Crippen molar-refractivity contribution in [3.05, 3.63) is 66.0 Å². The third-order valence-electron chi connectivity index (χ3n) is 6.67. The minimum atomic E-state index is -0.0145. The molecule has 0 unspecified atom stereocenters. The molecule has 0 aliphatic carbocycles. The van der Waals surface area contributed by atoms with E-state index < -0.39 is 0 Å². The lowest BCUT2D eigenvalue weighted by molar-refractivity contribution is 0.0746. The maximum absolute atomic E-state index is 13.6. The summed E-state index contributed by atoms with van der Waals surface area (Å²) in [5.74, 6) is 2.23. The molecule has 1 aliphatic rings. The molecule has 0 radical (unpaired) electrons. The predicted octanol–water partition coefficient (Wildman–Crippen LogP) is 5.08. The number of methoxy groups -OCH3 is 3. The van der Waals surface area contributed by atoms with E-state index in [0.717, 1.165) is 60.6 Å². The Labute approximate surface area is 213 Å². The van der Waals surface area contributed by atoms with Crippen molar-refractivity contribution >= 4 is 11.6 Å². The van der Waals surface area contributed by atoms with Gasteiger partial charge in [-0.05, 0) is 43.2 Å². The Morgan fingerprint density at radius 3 is 2.17 bits per heavy atom. The minimum absolute atomic E-state index is 0.0145. The van der Waals surface area contributed by atoms with Crippen LogP contribution in [0.5, 0.6) is 17.2 Å². The van der Waals surface area contributed by atoms with Crippen molar-refractivity contribution < 1.29 is 19.0 Å². The fourth-order valence-electron chi connectivity index (χ4n) is 4.71. The second-order valence-corrected chi connectivity index (χ2v) is 8.81. The molecule has 36 heavy (non-hydrogen) atoms. The Bertz CT molecular complexity index is 1170. The van der Waals surface area contributed by atoms with Crippen LogP contribution in [0.15, 0.2) is 54.7 Å². The number of piperazine rings is 1. The highest BCUT2D eigenvalue weighted by atomic mass is 16.5. The lowest BCUT2D eigenvalue weighted by Gasteiger charge is -2.36. The van der Waals surface area contributed by atoms with Crippen LogP contribution in [0.25, 0.3) is 11.1 Å². The van der Waals surface area contributed by atoms with Gasteiger partial charge < -0.3 is 24.0 Å². The van der Waals surface area contributed by atoms with Gasteiger partial charge in [0.25, 0.3) is 5.91 Å². The van der Waals surface area contributed by atoms with Crippen molar-refractivity contribution in [2.75, 3.05) is 52.4 Å². The molecule has 0 N–H and O–H groups in total. The van der Waals surface area contributed by atoms with Crippen LogP contribution in [-0.2, 0) is 6.42 Å². The van der Waals surface area contributed by atoms with E-state index in [0.29, 0.717) is 30.2 Å². The maximum atomic E-state index is 13.6. The van der Waals surface area contributed by atoms with Crippen LogP contribution in [0.2, 0.25) is 0 Å². The predicted molar refractivity (Wildman–Crippen MR) is 142 cm³/mol. The first-order chi connectivity index (χ1) is 17.6. The smallest absolute Gasteiger partial charge is 0.255 e. The molecule has 2 heterocycles. The molecular formula is C29H35N3O4. The van der Waals surface area contributed by atoms with Gasteiger partial charge in [0.15, 0.2) is 0 Å². The van der Waals surface area contributed by atoms with Crippen molar-refractivity contribution in [2.24, 2.45) is 0 Å². The van der Waals surface area contributed by atoms with E-state index in [4.69, 9.17) is 19.2 Å². The number of anilines is 1. The Morgan fingerprint density at radius 1 is 0.889 bits per heavy atom. The van der Waals surface area contributed by atoms with Crippen LogP contribution in [0.4, 0.5) is 5.69 Å². The number of aryl methyl sites for hydroxylation is 1. The van der Waals surface area contributed by atoms with E-state index in [1.165, 1.54) is 0 Å². The molecule has 0 atom stereocenters. The Kier molecular flexibility index (Phi) is 8.31. The van der Waals surface area contributed by atoms with Gasteiger partial charge in [-0.1, -0.05) is 31.5 Å². The van der Waals surface area contributed by atoms with Gasteiger partial charge in [0.1, 0.15) is 17.2 Å². The molecular weight excluding hydrogens is 454 g/mol. The zero-order chi connectivity index (χ0) is 25.5. The normalized spacial score (nSPS) is 13.4. The second kappa shape index (κ2) is 11.8. The third kappa shape index (κ3) is 5.25. The summed E-state index contributed by atoms with van der Waals surface area (Å²) in [5, 5.41) is 0. The largest absolute Gasteiger partial charge is 0.496 e. The van der Waals surface area contributed by atoms with E-state index in [1.807, 2.05) is 47.4 Å². The highest BCUT2D eigenvalue weighted by molar-refractivity contribution is 5.96. The zero-order valence-corrected chi connectivity index (χ0v) is 21.6. The highest BCUT2D eigenvalue weighted by Crippen LogP contribution is 2.40. The van der Waals surface area contributed by atoms with Crippen molar-refractivity contribution in [1.82, 2.24) is 9.88 Å². The Balaban J connectivity index is 1.61. The van der Waals surface area contributed by atoms with Gasteiger partial charge in [0.05, 0.1) is 38.1 Å². The third-order valence-corrected chi connectivity index (χ3v) is 6.67. The van der Waals surface area contributed by atoms with Gasteiger partial charge in [-0.3, -0.25) is 9.78 Å². The molecule has 3 aromatic rings. The number of rotatable bonds is 9. The topological polar surface area (TPSA) is 64.1 Å². The number of hydrogen-bond donors (Lipinski definition) is 0. The van der Waals surface area contributed by atoms with Crippen molar-refractivity contribution in [2.45, 2.75) is 26.2 Å². The molecule has 1 aromatic heterocycles. The average Bonchev–Trinajstić information content (AvgIpc) is 2.95.